The van der Waals surface area contributed by atoms with Crippen molar-refractivity contribution >= 4 is 34.4 Å². The molecular weight excluding hydrogens is 398 g/mol. The summed E-state index contributed by atoms with van der Waals surface area (Å²) >= 11 is 0. The number of anilines is 1. The lowest BCUT2D eigenvalue weighted by Crippen LogP contribution is -2.42. The highest BCUT2D eigenvalue weighted by atomic mass is 16.4. The number of rotatable bonds is 7. The Bertz CT molecular complexity index is 1250. The molecule has 0 saturated heterocycles. The molecule has 1 unspecified atom stereocenters. The van der Waals surface area contributed by atoms with Crippen molar-refractivity contribution in [3.05, 3.63) is 62.7 Å². The van der Waals surface area contributed by atoms with Crippen molar-refractivity contribution in [1.29, 1.82) is 0 Å². The average molecular weight is 415 g/mol. The Labute approximate surface area is 167 Å². The van der Waals surface area contributed by atoms with Gasteiger partial charge in [-0.15, -0.1) is 0 Å². The smallest absolute Gasteiger partial charge is 0.329 e. The molecule has 0 radical (unpaired) electrons. The number of aromatic amines is 1. The SMILES string of the molecule is CC(=O)Nc1ccc2c(=O)n(C(CC(=O)O)C(=O)O)c(=O)[nH]c2c1Cc1ccco1. The standard InChI is InChI=1S/C19H17N3O8/c1-9(23)20-13-5-4-11-16(12(13)7-10-3-2-6-30-10)21-19(29)22(17(11)26)14(18(27)28)8-15(24)25/h2-6,14H,7-8H2,1H3,(H,20,23)(H,21,29)(H,24,25)(H,27,28). The van der Waals surface area contributed by atoms with Crippen LogP contribution in [0.3, 0.4) is 0 Å². The number of hydrogen-bond donors (Lipinski definition) is 4. The fraction of sp³-hybridized carbons (Fsp3) is 0.211. The molecule has 2 heterocycles. The van der Waals surface area contributed by atoms with E-state index in [0.29, 0.717) is 21.6 Å². The second-order valence-electron chi connectivity index (χ2n) is 6.51. The molecule has 11 nitrogen and oxygen atoms in total. The molecule has 0 aliphatic heterocycles. The number of fused-ring (bicyclic) bond motifs is 1. The van der Waals surface area contributed by atoms with E-state index >= 15 is 0 Å². The van der Waals surface area contributed by atoms with Gasteiger partial charge < -0.3 is 24.9 Å². The predicted octanol–water partition coefficient (Wildman–Crippen LogP) is 0.932. The van der Waals surface area contributed by atoms with Crippen molar-refractivity contribution < 1.29 is 29.0 Å². The van der Waals surface area contributed by atoms with Crippen molar-refractivity contribution in [3.63, 3.8) is 0 Å². The summed E-state index contributed by atoms with van der Waals surface area (Å²) in [4.78, 5) is 62.1. The van der Waals surface area contributed by atoms with Crippen LogP contribution in [0.5, 0.6) is 0 Å². The quantitative estimate of drug-likeness (QED) is 0.441. The largest absolute Gasteiger partial charge is 0.481 e. The van der Waals surface area contributed by atoms with Gasteiger partial charge in [-0.05, 0) is 24.3 Å². The molecule has 0 bridgehead atoms. The van der Waals surface area contributed by atoms with E-state index < -0.39 is 35.7 Å². The Morgan fingerprint density at radius 2 is 1.93 bits per heavy atom. The van der Waals surface area contributed by atoms with Gasteiger partial charge in [0.25, 0.3) is 5.56 Å². The summed E-state index contributed by atoms with van der Waals surface area (Å²) < 4.78 is 5.68. The fourth-order valence-corrected chi connectivity index (χ4v) is 3.17. The number of benzene rings is 1. The van der Waals surface area contributed by atoms with Gasteiger partial charge in [0.1, 0.15) is 11.8 Å². The van der Waals surface area contributed by atoms with Gasteiger partial charge in [0, 0.05) is 24.6 Å². The van der Waals surface area contributed by atoms with Crippen LogP contribution in [0, 0.1) is 0 Å². The van der Waals surface area contributed by atoms with E-state index in [1.807, 2.05) is 0 Å². The number of H-pyrrole nitrogens is 1. The zero-order valence-electron chi connectivity index (χ0n) is 15.7. The molecule has 0 aliphatic rings. The summed E-state index contributed by atoms with van der Waals surface area (Å²) in [5, 5.41) is 20.9. The van der Waals surface area contributed by atoms with Crippen LogP contribution in [0.15, 0.2) is 44.5 Å². The first kappa shape index (κ1) is 20.6. The molecule has 3 aromatic rings. The highest BCUT2D eigenvalue weighted by Gasteiger charge is 2.28. The minimum atomic E-state index is -1.88. The van der Waals surface area contributed by atoms with E-state index in [1.54, 1.807) is 12.1 Å². The molecule has 11 heteroatoms. The van der Waals surface area contributed by atoms with Crippen molar-refractivity contribution in [2.75, 3.05) is 5.32 Å². The lowest BCUT2D eigenvalue weighted by Gasteiger charge is -2.16. The Morgan fingerprint density at radius 3 is 2.50 bits per heavy atom. The first-order valence-corrected chi connectivity index (χ1v) is 8.74. The molecule has 4 N–H and O–H groups in total. The zero-order chi connectivity index (χ0) is 22.0. The third-order valence-corrected chi connectivity index (χ3v) is 4.42. The van der Waals surface area contributed by atoms with E-state index in [-0.39, 0.29) is 23.2 Å². The van der Waals surface area contributed by atoms with Gasteiger partial charge >= 0.3 is 17.6 Å². The van der Waals surface area contributed by atoms with Crippen LogP contribution < -0.4 is 16.6 Å². The molecule has 156 valence electrons. The first-order valence-electron chi connectivity index (χ1n) is 8.74. The monoisotopic (exact) mass is 415 g/mol. The Kier molecular flexibility index (Phi) is 5.54. The molecule has 1 atom stereocenters. The summed E-state index contributed by atoms with van der Waals surface area (Å²) in [5.41, 5.74) is -1.24. The molecule has 1 amide bonds. The first-order chi connectivity index (χ1) is 14.2. The maximum atomic E-state index is 12.9. The Morgan fingerprint density at radius 1 is 1.20 bits per heavy atom. The summed E-state index contributed by atoms with van der Waals surface area (Å²) in [7, 11) is 0. The molecule has 0 aliphatic carbocycles. The van der Waals surface area contributed by atoms with Crippen molar-refractivity contribution in [1.82, 2.24) is 9.55 Å². The number of carbonyl (C=O) groups excluding carboxylic acids is 1. The third-order valence-electron chi connectivity index (χ3n) is 4.42. The highest BCUT2D eigenvalue weighted by molar-refractivity contribution is 5.95. The van der Waals surface area contributed by atoms with Gasteiger partial charge in [0.05, 0.1) is 23.6 Å². The van der Waals surface area contributed by atoms with Gasteiger partial charge in [-0.25, -0.2) is 14.2 Å². The van der Waals surface area contributed by atoms with Crippen LogP contribution in [0.2, 0.25) is 0 Å². The number of aliphatic carboxylic acids is 2. The summed E-state index contributed by atoms with van der Waals surface area (Å²) in [6.45, 7) is 1.30. The van der Waals surface area contributed by atoms with E-state index in [9.17, 15) is 29.1 Å². The molecule has 3 rings (SSSR count). The number of nitrogens with one attached hydrogen (secondary N) is 2. The summed E-state index contributed by atoms with van der Waals surface area (Å²) in [6.07, 6.45) is 0.613. The van der Waals surface area contributed by atoms with Crippen molar-refractivity contribution in [2.45, 2.75) is 25.8 Å². The number of carboxylic acids is 2. The van der Waals surface area contributed by atoms with Crippen LogP contribution in [0.1, 0.15) is 30.7 Å². The van der Waals surface area contributed by atoms with Crippen LogP contribution in [-0.2, 0) is 20.8 Å². The normalized spacial score (nSPS) is 11.9. The lowest BCUT2D eigenvalue weighted by molar-refractivity contribution is -0.147. The maximum absolute atomic E-state index is 12.9. The van der Waals surface area contributed by atoms with Gasteiger partial charge in [0.2, 0.25) is 5.91 Å². The van der Waals surface area contributed by atoms with Crippen molar-refractivity contribution in [3.8, 4) is 0 Å². The second-order valence-corrected chi connectivity index (χ2v) is 6.51. The lowest BCUT2D eigenvalue weighted by atomic mass is 10.0. The van der Waals surface area contributed by atoms with Gasteiger partial charge in [-0.3, -0.25) is 14.4 Å². The predicted molar refractivity (Wildman–Crippen MR) is 104 cm³/mol. The number of aromatic nitrogens is 2. The third kappa shape index (κ3) is 3.99. The van der Waals surface area contributed by atoms with Gasteiger partial charge in [0.15, 0.2) is 0 Å². The number of furan rings is 1. The van der Waals surface area contributed by atoms with E-state index in [0.717, 1.165) is 0 Å². The average Bonchev–Trinajstić information content (AvgIpc) is 3.15. The molecule has 0 saturated carbocycles. The fourth-order valence-electron chi connectivity index (χ4n) is 3.17. The Hall–Kier alpha value is -4.15. The number of carbonyl (C=O) groups is 3. The minimum absolute atomic E-state index is 0.0399. The molecule has 0 spiro atoms. The van der Waals surface area contributed by atoms with Crippen LogP contribution in [0.4, 0.5) is 5.69 Å². The number of nitrogens with zero attached hydrogens (tertiary/aromatic N) is 1. The maximum Gasteiger partial charge on any atom is 0.329 e. The van der Waals surface area contributed by atoms with Crippen LogP contribution in [0.25, 0.3) is 10.9 Å². The van der Waals surface area contributed by atoms with E-state index in [2.05, 4.69) is 10.3 Å². The van der Waals surface area contributed by atoms with Crippen LogP contribution >= 0.6 is 0 Å². The van der Waals surface area contributed by atoms with E-state index in [1.165, 1.54) is 25.3 Å². The minimum Gasteiger partial charge on any atom is -0.481 e. The molecule has 30 heavy (non-hydrogen) atoms. The molecule has 0 fully saturated rings. The summed E-state index contributed by atoms with van der Waals surface area (Å²) in [6, 6.07) is 4.20. The highest BCUT2D eigenvalue weighted by Crippen LogP contribution is 2.26. The van der Waals surface area contributed by atoms with Gasteiger partial charge in [-0.2, -0.15) is 0 Å². The zero-order valence-corrected chi connectivity index (χ0v) is 15.7. The number of hydrogen-bond acceptors (Lipinski definition) is 6. The molecular formula is C19H17N3O8. The van der Waals surface area contributed by atoms with Crippen molar-refractivity contribution in [2.24, 2.45) is 0 Å². The molecule has 2 aromatic heterocycles. The second kappa shape index (κ2) is 8.07. The van der Waals surface area contributed by atoms with E-state index in [4.69, 9.17) is 9.52 Å². The Balaban J connectivity index is 2.29. The summed E-state index contributed by atoms with van der Waals surface area (Å²) in [5.74, 6) is -2.99. The van der Waals surface area contributed by atoms with Gasteiger partial charge in [-0.1, -0.05) is 0 Å². The number of carboxylic acid groups (broad SMARTS) is 2. The molecule has 1 aromatic carbocycles. The number of amides is 1. The topological polar surface area (TPSA) is 172 Å². The van der Waals surface area contributed by atoms with Crippen LogP contribution in [-0.4, -0.2) is 37.6 Å².